The number of benzene rings is 1. The number of hydrogen-bond donors (Lipinski definition) is 1. The molecular weight excluding hydrogens is 288 g/mol. The van der Waals surface area contributed by atoms with Gasteiger partial charge in [-0.2, -0.15) is 0 Å². The summed E-state index contributed by atoms with van der Waals surface area (Å²) in [6, 6.07) is 7.92. The van der Waals surface area contributed by atoms with Crippen molar-refractivity contribution in [2.45, 2.75) is 19.1 Å². The van der Waals surface area contributed by atoms with Crippen molar-refractivity contribution in [2.24, 2.45) is 0 Å². The molecule has 1 fully saturated rings. The predicted octanol–water partition coefficient (Wildman–Crippen LogP) is 3.07. The first kappa shape index (κ1) is 14.9. The van der Waals surface area contributed by atoms with Crippen LogP contribution in [0.3, 0.4) is 0 Å². The second-order valence-electron chi connectivity index (χ2n) is 5.51. The molecule has 21 heavy (non-hydrogen) atoms. The van der Waals surface area contributed by atoms with Gasteiger partial charge in [-0.15, -0.1) is 0 Å². The van der Waals surface area contributed by atoms with E-state index >= 15 is 0 Å². The number of para-hydroxylation sites is 1. The zero-order chi connectivity index (χ0) is 14.8. The molecule has 2 heterocycles. The number of furan rings is 1. The molecule has 1 aliphatic heterocycles. The molecule has 2 unspecified atom stereocenters. The van der Waals surface area contributed by atoms with Gasteiger partial charge in [0.1, 0.15) is 5.76 Å². The van der Waals surface area contributed by atoms with Crippen molar-refractivity contribution in [3.05, 3.63) is 35.0 Å². The summed E-state index contributed by atoms with van der Waals surface area (Å²) in [5, 5.41) is 5.16. The molecule has 0 aliphatic carbocycles. The summed E-state index contributed by atoms with van der Waals surface area (Å²) in [7, 11) is 2.12. The molecule has 0 amide bonds. The molecular formula is C16H21ClN2O2. The highest BCUT2D eigenvalue weighted by molar-refractivity contribution is 6.34. The maximum atomic E-state index is 6.21. The molecule has 3 rings (SSSR count). The lowest BCUT2D eigenvalue weighted by Crippen LogP contribution is -2.46. The van der Waals surface area contributed by atoms with E-state index in [4.69, 9.17) is 20.8 Å². The second-order valence-corrected chi connectivity index (χ2v) is 5.92. The molecule has 0 saturated carbocycles. The summed E-state index contributed by atoms with van der Waals surface area (Å²) in [6.07, 6.45) is 0.0861. The summed E-state index contributed by atoms with van der Waals surface area (Å²) in [6.45, 7) is 5.57. The zero-order valence-electron chi connectivity index (χ0n) is 12.4. The van der Waals surface area contributed by atoms with Crippen LogP contribution < -0.4 is 5.32 Å². The highest BCUT2D eigenvalue weighted by Gasteiger charge is 2.30. The van der Waals surface area contributed by atoms with Crippen LogP contribution in [-0.2, 0) is 4.74 Å². The van der Waals surface area contributed by atoms with Gasteiger partial charge in [0, 0.05) is 18.5 Å². The highest BCUT2D eigenvalue weighted by atomic mass is 35.5. The number of likely N-dealkylation sites (N-methyl/N-ethyl adjacent to an activating group) is 2. The van der Waals surface area contributed by atoms with Gasteiger partial charge in [0.2, 0.25) is 0 Å². The van der Waals surface area contributed by atoms with Crippen molar-refractivity contribution in [3.63, 3.8) is 0 Å². The Morgan fingerprint density at radius 2 is 2.33 bits per heavy atom. The van der Waals surface area contributed by atoms with Crippen molar-refractivity contribution in [3.8, 4) is 0 Å². The Labute approximate surface area is 130 Å². The van der Waals surface area contributed by atoms with E-state index in [0.717, 1.165) is 43.0 Å². The van der Waals surface area contributed by atoms with E-state index in [0.29, 0.717) is 5.02 Å². The normalized spacial score (nSPS) is 21.8. The largest absolute Gasteiger partial charge is 0.458 e. The quantitative estimate of drug-likeness (QED) is 0.942. The number of nitrogens with one attached hydrogen (secondary N) is 1. The summed E-state index contributed by atoms with van der Waals surface area (Å²) < 4.78 is 12.0. The van der Waals surface area contributed by atoms with Gasteiger partial charge in [-0.1, -0.05) is 30.7 Å². The van der Waals surface area contributed by atoms with Gasteiger partial charge in [0.05, 0.1) is 23.8 Å². The first-order valence-corrected chi connectivity index (χ1v) is 7.78. The molecule has 1 N–H and O–H groups in total. The number of morpholine rings is 1. The molecule has 114 valence electrons. The Balaban J connectivity index is 1.93. The van der Waals surface area contributed by atoms with Gasteiger partial charge in [0.15, 0.2) is 5.58 Å². The molecule has 0 bridgehead atoms. The number of ether oxygens (including phenoxy) is 1. The van der Waals surface area contributed by atoms with E-state index < -0.39 is 0 Å². The van der Waals surface area contributed by atoms with E-state index in [9.17, 15) is 0 Å². The minimum absolute atomic E-state index is 0.0428. The molecule has 2 aromatic rings. The first-order valence-electron chi connectivity index (χ1n) is 7.40. The van der Waals surface area contributed by atoms with Gasteiger partial charge >= 0.3 is 0 Å². The lowest BCUT2D eigenvalue weighted by molar-refractivity contribution is -0.0422. The molecule has 1 aromatic carbocycles. The summed E-state index contributed by atoms with van der Waals surface area (Å²) in [5.41, 5.74) is 0.751. The average molecular weight is 309 g/mol. The summed E-state index contributed by atoms with van der Waals surface area (Å²) in [4.78, 5) is 2.29. The van der Waals surface area contributed by atoms with E-state index in [1.54, 1.807) is 0 Å². The fourth-order valence-corrected chi connectivity index (χ4v) is 3.07. The molecule has 2 atom stereocenters. The standard InChI is InChI=1S/C16H21ClN2O2/c1-3-18-15(14-10-19(2)7-8-20-14)13-9-11-5-4-6-12(17)16(11)21-13/h4-6,9,14-15,18H,3,7-8,10H2,1-2H3. The smallest absolute Gasteiger partial charge is 0.152 e. The lowest BCUT2D eigenvalue weighted by Gasteiger charge is -2.34. The fourth-order valence-electron chi connectivity index (χ4n) is 2.85. The van der Waals surface area contributed by atoms with Gasteiger partial charge in [-0.05, 0) is 25.7 Å². The van der Waals surface area contributed by atoms with Crippen molar-refractivity contribution in [2.75, 3.05) is 33.3 Å². The SMILES string of the molecule is CCNC(c1cc2cccc(Cl)c2o1)C1CN(C)CCO1. The zero-order valence-corrected chi connectivity index (χ0v) is 13.2. The Morgan fingerprint density at radius 1 is 1.48 bits per heavy atom. The molecule has 5 heteroatoms. The minimum atomic E-state index is 0.0428. The van der Waals surface area contributed by atoms with E-state index in [2.05, 4.69) is 30.3 Å². The van der Waals surface area contributed by atoms with Gasteiger partial charge in [-0.3, -0.25) is 0 Å². The number of nitrogens with zero attached hydrogens (tertiary/aromatic N) is 1. The maximum absolute atomic E-state index is 6.21. The van der Waals surface area contributed by atoms with Crippen molar-refractivity contribution < 1.29 is 9.15 Å². The molecule has 1 aromatic heterocycles. The summed E-state index contributed by atoms with van der Waals surface area (Å²) in [5.74, 6) is 0.889. The number of fused-ring (bicyclic) bond motifs is 1. The summed E-state index contributed by atoms with van der Waals surface area (Å²) >= 11 is 6.21. The van der Waals surface area contributed by atoms with Crippen LogP contribution in [0.15, 0.2) is 28.7 Å². The number of hydrogen-bond acceptors (Lipinski definition) is 4. The molecule has 0 spiro atoms. The highest BCUT2D eigenvalue weighted by Crippen LogP contribution is 2.31. The average Bonchev–Trinajstić information content (AvgIpc) is 2.90. The van der Waals surface area contributed by atoms with Crippen LogP contribution in [0.1, 0.15) is 18.7 Å². The Kier molecular flexibility index (Phi) is 4.50. The predicted molar refractivity (Wildman–Crippen MR) is 84.9 cm³/mol. The van der Waals surface area contributed by atoms with E-state index in [1.165, 1.54) is 0 Å². The van der Waals surface area contributed by atoms with E-state index in [1.807, 2.05) is 18.2 Å². The first-order chi connectivity index (χ1) is 10.2. The molecule has 1 saturated heterocycles. The third kappa shape index (κ3) is 3.09. The third-order valence-corrected chi connectivity index (χ3v) is 4.21. The maximum Gasteiger partial charge on any atom is 0.152 e. The van der Waals surface area contributed by atoms with Gasteiger partial charge < -0.3 is 19.4 Å². The second kappa shape index (κ2) is 6.36. The van der Waals surface area contributed by atoms with Crippen LogP contribution in [0.25, 0.3) is 11.0 Å². The molecule has 4 nitrogen and oxygen atoms in total. The van der Waals surface area contributed by atoms with Crippen LogP contribution in [0.5, 0.6) is 0 Å². The van der Waals surface area contributed by atoms with Crippen LogP contribution in [0, 0.1) is 0 Å². The fraction of sp³-hybridized carbons (Fsp3) is 0.500. The van der Waals surface area contributed by atoms with Crippen LogP contribution >= 0.6 is 11.6 Å². The monoisotopic (exact) mass is 308 g/mol. The Morgan fingerprint density at radius 3 is 3.05 bits per heavy atom. The number of rotatable bonds is 4. The topological polar surface area (TPSA) is 37.6 Å². The Bertz CT molecular complexity index is 613. The third-order valence-electron chi connectivity index (χ3n) is 3.91. The van der Waals surface area contributed by atoms with Crippen molar-refractivity contribution >= 4 is 22.6 Å². The van der Waals surface area contributed by atoms with Crippen LogP contribution in [0.2, 0.25) is 5.02 Å². The van der Waals surface area contributed by atoms with E-state index in [-0.39, 0.29) is 12.1 Å². The molecule has 1 aliphatic rings. The number of halogens is 1. The molecule has 0 radical (unpaired) electrons. The Hall–Kier alpha value is -1.07. The van der Waals surface area contributed by atoms with Crippen molar-refractivity contribution in [1.82, 2.24) is 10.2 Å². The van der Waals surface area contributed by atoms with Crippen LogP contribution in [0.4, 0.5) is 0 Å². The van der Waals surface area contributed by atoms with Gasteiger partial charge in [0.25, 0.3) is 0 Å². The minimum Gasteiger partial charge on any atom is -0.458 e. The lowest BCUT2D eigenvalue weighted by atomic mass is 10.1. The van der Waals surface area contributed by atoms with Crippen LogP contribution in [-0.4, -0.2) is 44.3 Å². The van der Waals surface area contributed by atoms with Crippen molar-refractivity contribution in [1.29, 1.82) is 0 Å². The van der Waals surface area contributed by atoms with Gasteiger partial charge in [-0.25, -0.2) is 0 Å².